The first kappa shape index (κ1) is 30.3. The number of hydrogen-bond acceptors (Lipinski definition) is 0. The number of nitrogens with zero attached hydrogens (tertiary/aromatic N) is 2. The third-order valence-electron chi connectivity index (χ3n) is 11.3. The molecule has 3 heteroatoms. The first-order chi connectivity index (χ1) is 26.2. The van der Waals surface area contributed by atoms with Gasteiger partial charge >= 0.3 is 0 Å². The summed E-state index contributed by atoms with van der Waals surface area (Å²) in [6, 6.07) is 72.5. The number of rotatable bonds is 5. The van der Waals surface area contributed by atoms with E-state index in [4.69, 9.17) is 0 Å². The highest BCUT2D eigenvalue weighted by molar-refractivity contribution is 8.32. The molecule has 252 valence electrons. The van der Waals surface area contributed by atoms with Gasteiger partial charge in [-0.3, -0.25) is 7.94 Å². The highest BCUT2D eigenvalue weighted by Crippen LogP contribution is 2.75. The van der Waals surface area contributed by atoms with E-state index in [1.165, 1.54) is 87.5 Å². The van der Waals surface area contributed by atoms with Crippen LogP contribution in [0.5, 0.6) is 0 Å². The minimum Gasteiger partial charge on any atom is -0.280 e. The van der Waals surface area contributed by atoms with E-state index in [1.54, 1.807) is 0 Å². The van der Waals surface area contributed by atoms with Crippen LogP contribution in [0.4, 0.5) is 0 Å². The lowest BCUT2D eigenvalue weighted by atomic mass is 10.0. The van der Waals surface area contributed by atoms with Crippen LogP contribution in [0, 0.1) is 0 Å². The van der Waals surface area contributed by atoms with Crippen LogP contribution < -0.4 is 0 Å². The van der Waals surface area contributed by atoms with Crippen molar-refractivity contribution in [2.24, 2.45) is 0 Å². The molecule has 1 unspecified atom stereocenters. The SMILES string of the molecule is CC(c1cccc(-c2ccccc2)c1)S1(c2cccc(-c3ccccc3)c2)n2c(cc3cc4ccccc4cc32)-c2cc3cc4ccccc4cc3n21. The average molecular weight is 697 g/mol. The molecule has 0 N–H and O–H groups in total. The smallest absolute Gasteiger partial charge is 0.0782 e. The van der Waals surface area contributed by atoms with Gasteiger partial charge in [0.15, 0.2) is 0 Å². The molecular formula is C50H36N2S. The Bertz CT molecular complexity index is 2910. The zero-order chi connectivity index (χ0) is 35.1. The van der Waals surface area contributed by atoms with Crippen molar-refractivity contribution < 1.29 is 0 Å². The molecule has 0 fully saturated rings. The lowest BCUT2D eigenvalue weighted by molar-refractivity contribution is 1.02. The molecule has 0 saturated heterocycles. The Labute approximate surface area is 310 Å². The Morgan fingerprint density at radius 2 is 0.792 bits per heavy atom. The van der Waals surface area contributed by atoms with Crippen LogP contribution in [-0.2, 0) is 0 Å². The van der Waals surface area contributed by atoms with Gasteiger partial charge in [-0.2, -0.15) is 0 Å². The van der Waals surface area contributed by atoms with Crippen molar-refractivity contribution in [2.45, 2.75) is 17.1 Å². The molecule has 0 bridgehead atoms. The lowest BCUT2D eigenvalue weighted by Crippen LogP contribution is -2.21. The highest BCUT2D eigenvalue weighted by atomic mass is 32.3. The predicted octanol–water partition coefficient (Wildman–Crippen LogP) is 14.1. The fraction of sp³-hybridized carbons (Fsp3) is 0.0400. The zero-order valence-electron chi connectivity index (χ0n) is 29.4. The van der Waals surface area contributed by atoms with E-state index in [9.17, 15) is 0 Å². The quantitative estimate of drug-likeness (QED) is 0.170. The minimum absolute atomic E-state index is 0.0985. The van der Waals surface area contributed by atoms with Gasteiger partial charge < -0.3 is 0 Å². The Hall–Kier alpha value is -6.29. The number of aromatic nitrogens is 2. The molecule has 53 heavy (non-hydrogen) atoms. The van der Waals surface area contributed by atoms with Crippen LogP contribution in [-0.4, -0.2) is 7.94 Å². The maximum Gasteiger partial charge on any atom is 0.0782 e. The molecule has 0 aliphatic carbocycles. The van der Waals surface area contributed by atoms with Crippen molar-refractivity contribution in [1.82, 2.24) is 7.94 Å². The number of fused-ring (bicyclic) bond motifs is 9. The van der Waals surface area contributed by atoms with E-state index in [2.05, 4.69) is 209 Å². The van der Waals surface area contributed by atoms with Crippen LogP contribution in [0.3, 0.4) is 0 Å². The van der Waals surface area contributed by atoms with Gasteiger partial charge in [0, 0.05) is 20.9 Å². The number of hydrogen-bond donors (Lipinski definition) is 0. The molecule has 11 rings (SSSR count). The van der Waals surface area contributed by atoms with Gasteiger partial charge in [0.2, 0.25) is 0 Å². The summed E-state index contributed by atoms with van der Waals surface area (Å²) in [6.07, 6.45) is 0. The van der Waals surface area contributed by atoms with Crippen molar-refractivity contribution in [3.8, 4) is 33.6 Å². The molecule has 2 aromatic heterocycles. The standard InChI is InChI=1S/C50H36N2S/c1-34(37-22-12-23-38(26-37)35-14-4-2-5-15-35)53(46-25-13-24-41(29-46)36-16-6-3-7-17-36)51-47-30-42-20-10-8-18-39(42)27-44(47)32-49(51)50-33-45-28-40-19-9-11-21-43(40)31-48(45)52(50)53/h2-34H,1H3. The second kappa shape index (κ2) is 11.6. The molecule has 0 spiro atoms. The highest BCUT2D eigenvalue weighted by Gasteiger charge is 2.47. The van der Waals surface area contributed by atoms with Crippen molar-refractivity contribution in [1.29, 1.82) is 0 Å². The normalized spacial score (nSPS) is 14.4. The van der Waals surface area contributed by atoms with E-state index in [0.29, 0.717) is 0 Å². The summed E-state index contributed by atoms with van der Waals surface area (Å²) < 4.78 is 5.53. The van der Waals surface area contributed by atoms with Crippen molar-refractivity contribution in [2.75, 3.05) is 0 Å². The zero-order valence-corrected chi connectivity index (χ0v) is 30.2. The first-order valence-corrected chi connectivity index (χ1v) is 20.0. The van der Waals surface area contributed by atoms with E-state index in [1.807, 2.05) is 0 Å². The number of benzene rings is 8. The third kappa shape index (κ3) is 4.47. The summed E-state index contributed by atoms with van der Waals surface area (Å²) in [6.45, 7) is 2.48. The van der Waals surface area contributed by atoms with Gasteiger partial charge in [0.05, 0.1) is 22.4 Å². The van der Waals surface area contributed by atoms with Crippen molar-refractivity contribution in [3.05, 3.63) is 200 Å². The van der Waals surface area contributed by atoms with Crippen LogP contribution in [0.15, 0.2) is 199 Å². The maximum atomic E-state index is 2.77. The minimum atomic E-state index is -2.09. The van der Waals surface area contributed by atoms with Gasteiger partial charge in [-0.1, -0.05) is 140 Å². The molecule has 1 aliphatic rings. The summed E-state index contributed by atoms with van der Waals surface area (Å²) in [7, 11) is -2.09. The van der Waals surface area contributed by atoms with E-state index in [-0.39, 0.29) is 5.25 Å². The topological polar surface area (TPSA) is 9.86 Å². The Balaban J connectivity index is 1.30. The Morgan fingerprint density at radius 3 is 1.32 bits per heavy atom. The molecule has 10 aromatic rings. The molecule has 3 heterocycles. The summed E-state index contributed by atoms with van der Waals surface area (Å²) in [5.74, 6) is 0. The van der Waals surface area contributed by atoms with Crippen LogP contribution in [0.25, 0.3) is 77.0 Å². The molecule has 1 atom stereocenters. The molecule has 2 nitrogen and oxygen atoms in total. The second-order valence-corrected chi connectivity index (χ2v) is 17.4. The molecular weight excluding hydrogens is 661 g/mol. The molecule has 1 aliphatic heterocycles. The summed E-state index contributed by atoms with van der Waals surface area (Å²) in [5.41, 5.74) is 11.4. The average Bonchev–Trinajstić information content (AvgIpc) is 3.86. The predicted molar refractivity (Wildman–Crippen MR) is 227 cm³/mol. The van der Waals surface area contributed by atoms with E-state index < -0.39 is 10.4 Å². The van der Waals surface area contributed by atoms with Gasteiger partial charge in [-0.25, -0.2) is 0 Å². The monoisotopic (exact) mass is 696 g/mol. The van der Waals surface area contributed by atoms with Crippen LogP contribution in [0.1, 0.15) is 17.7 Å². The fourth-order valence-corrected chi connectivity index (χ4v) is 13.3. The van der Waals surface area contributed by atoms with Gasteiger partial charge in [-0.05, 0) is 121 Å². The van der Waals surface area contributed by atoms with E-state index in [0.717, 1.165) is 0 Å². The first-order valence-electron chi connectivity index (χ1n) is 18.4. The Kier molecular flexibility index (Phi) is 6.65. The second-order valence-electron chi connectivity index (χ2n) is 14.3. The molecule has 8 aromatic carbocycles. The molecule has 0 saturated carbocycles. The molecule has 0 amide bonds. The Morgan fingerprint density at radius 1 is 0.358 bits per heavy atom. The van der Waals surface area contributed by atoms with Crippen LogP contribution in [0.2, 0.25) is 0 Å². The van der Waals surface area contributed by atoms with E-state index >= 15 is 0 Å². The van der Waals surface area contributed by atoms with Crippen molar-refractivity contribution >= 4 is 53.8 Å². The van der Waals surface area contributed by atoms with Gasteiger partial charge in [-0.15, -0.1) is 0 Å². The summed E-state index contributed by atoms with van der Waals surface area (Å²) >= 11 is 0. The van der Waals surface area contributed by atoms with Crippen LogP contribution >= 0.6 is 10.4 Å². The van der Waals surface area contributed by atoms with Gasteiger partial charge in [0.25, 0.3) is 0 Å². The summed E-state index contributed by atoms with van der Waals surface area (Å²) in [5, 5.41) is 7.72. The van der Waals surface area contributed by atoms with Gasteiger partial charge in [0.1, 0.15) is 0 Å². The maximum absolute atomic E-state index is 2.77. The summed E-state index contributed by atoms with van der Waals surface area (Å²) in [4.78, 5) is 1.34. The molecule has 0 radical (unpaired) electrons. The third-order valence-corrected chi connectivity index (χ3v) is 15.4. The fourth-order valence-electron chi connectivity index (χ4n) is 8.80. The largest absolute Gasteiger partial charge is 0.280 e. The lowest BCUT2D eigenvalue weighted by Gasteiger charge is -2.46. The van der Waals surface area contributed by atoms with Crippen molar-refractivity contribution in [3.63, 3.8) is 0 Å².